The van der Waals surface area contributed by atoms with Crippen molar-refractivity contribution in [2.24, 2.45) is 0 Å². The minimum Gasteiger partial charge on any atom is -0.467 e. The molecular formula is C29H29NO6S. The summed E-state index contributed by atoms with van der Waals surface area (Å²) in [4.78, 5) is 27.1. The molecule has 0 aliphatic carbocycles. The van der Waals surface area contributed by atoms with Gasteiger partial charge in [0.05, 0.1) is 12.9 Å². The Hall–Kier alpha value is -3.91. The Balaban J connectivity index is 1.71. The van der Waals surface area contributed by atoms with Crippen LogP contribution in [0.15, 0.2) is 97.6 Å². The molecule has 37 heavy (non-hydrogen) atoms. The van der Waals surface area contributed by atoms with E-state index in [1.165, 1.54) is 18.1 Å². The SMILES string of the molecule is C=CCS(=O)(=O)C1(c2ccc(-c3ccccc3)cc2)CC(C(=O)OC)N(C(=O)OCc2ccccc2)C1. The number of esters is 1. The van der Waals surface area contributed by atoms with E-state index in [2.05, 4.69) is 6.58 Å². The Morgan fingerprint density at radius 3 is 2.16 bits per heavy atom. The van der Waals surface area contributed by atoms with E-state index in [0.29, 0.717) is 5.56 Å². The number of likely N-dealkylation sites (tertiary alicyclic amines) is 1. The molecular weight excluding hydrogens is 490 g/mol. The fourth-order valence-corrected chi connectivity index (χ4v) is 6.61. The van der Waals surface area contributed by atoms with Crippen LogP contribution in [0, 0.1) is 0 Å². The quantitative estimate of drug-likeness (QED) is 0.316. The Morgan fingerprint density at radius 2 is 1.57 bits per heavy atom. The standard InChI is InChI=1S/C29H29NO6S/c1-3-18-37(33,34)29(25-16-14-24(15-17-25)23-12-8-5-9-13-23)19-26(27(31)35-2)30(21-29)28(32)36-20-22-10-6-4-7-11-22/h3-17,26H,1,18-21H2,2H3. The number of hydrogen-bond donors (Lipinski definition) is 0. The Kier molecular flexibility index (Phi) is 7.78. The van der Waals surface area contributed by atoms with E-state index >= 15 is 0 Å². The van der Waals surface area contributed by atoms with E-state index in [1.807, 2.05) is 72.8 Å². The second kappa shape index (κ2) is 11.0. The summed E-state index contributed by atoms with van der Waals surface area (Å²) >= 11 is 0. The van der Waals surface area contributed by atoms with Gasteiger partial charge in [0, 0.05) is 13.0 Å². The highest BCUT2D eigenvalue weighted by molar-refractivity contribution is 7.92. The second-order valence-electron chi connectivity index (χ2n) is 8.92. The third-order valence-electron chi connectivity index (χ3n) is 6.69. The Bertz CT molecular complexity index is 1360. The fourth-order valence-electron chi connectivity index (χ4n) is 4.74. The van der Waals surface area contributed by atoms with Crippen LogP contribution in [-0.4, -0.2) is 50.8 Å². The fraction of sp³-hybridized carbons (Fsp3) is 0.241. The first-order valence-electron chi connectivity index (χ1n) is 11.9. The predicted molar refractivity (Wildman–Crippen MR) is 141 cm³/mol. The smallest absolute Gasteiger partial charge is 0.410 e. The molecule has 0 bridgehead atoms. The summed E-state index contributed by atoms with van der Waals surface area (Å²) in [7, 11) is -2.67. The first kappa shape index (κ1) is 26.2. The van der Waals surface area contributed by atoms with Crippen molar-refractivity contribution in [3.63, 3.8) is 0 Å². The Labute approximate surface area is 217 Å². The highest BCUT2D eigenvalue weighted by Gasteiger charge is 2.57. The van der Waals surface area contributed by atoms with Crippen molar-refractivity contribution in [1.82, 2.24) is 4.90 Å². The van der Waals surface area contributed by atoms with Crippen molar-refractivity contribution in [1.29, 1.82) is 0 Å². The van der Waals surface area contributed by atoms with E-state index in [-0.39, 0.29) is 25.3 Å². The molecule has 0 saturated carbocycles. The molecule has 4 rings (SSSR count). The van der Waals surface area contributed by atoms with Crippen molar-refractivity contribution in [3.05, 3.63) is 109 Å². The molecule has 0 radical (unpaired) electrons. The summed E-state index contributed by atoms with van der Waals surface area (Å²) < 4.78 is 36.3. The summed E-state index contributed by atoms with van der Waals surface area (Å²) in [6.45, 7) is 3.35. The highest BCUT2D eigenvalue weighted by Crippen LogP contribution is 2.44. The lowest BCUT2D eigenvalue weighted by Gasteiger charge is -2.29. The summed E-state index contributed by atoms with van der Waals surface area (Å²) in [5, 5.41) is 0. The zero-order valence-corrected chi connectivity index (χ0v) is 21.4. The normalized spacial score (nSPS) is 19.3. The zero-order valence-electron chi connectivity index (χ0n) is 20.6. The van der Waals surface area contributed by atoms with Gasteiger partial charge in [-0.15, -0.1) is 6.58 Å². The lowest BCUT2D eigenvalue weighted by molar-refractivity contribution is -0.145. The van der Waals surface area contributed by atoms with Crippen molar-refractivity contribution in [2.75, 3.05) is 19.4 Å². The Morgan fingerprint density at radius 1 is 0.973 bits per heavy atom. The second-order valence-corrected chi connectivity index (χ2v) is 11.3. The summed E-state index contributed by atoms with van der Waals surface area (Å²) in [5.41, 5.74) is 3.16. The third-order valence-corrected chi connectivity index (χ3v) is 9.09. The molecule has 0 N–H and O–H groups in total. The van der Waals surface area contributed by atoms with Crippen LogP contribution in [-0.2, 0) is 35.5 Å². The number of carbonyl (C=O) groups is 2. The van der Waals surface area contributed by atoms with E-state index in [9.17, 15) is 18.0 Å². The molecule has 8 heteroatoms. The van der Waals surface area contributed by atoms with Gasteiger partial charge >= 0.3 is 12.1 Å². The van der Waals surface area contributed by atoms with Crippen LogP contribution in [0.4, 0.5) is 4.79 Å². The molecule has 2 unspecified atom stereocenters. The largest absolute Gasteiger partial charge is 0.467 e. The maximum Gasteiger partial charge on any atom is 0.410 e. The van der Waals surface area contributed by atoms with Gasteiger partial charge < -0.3 is 9.47 Å². The average molecular weight is 520 g/mol. The molecule has 0 aromatic heterocycles. The monoisotopic (exact) mass is 519 g/mol. The molecule has 1 aliphatic heterocycles. The lowest BCUT2D eigenvalue weighted by atomic mass is 9.93. The lowest BCUT2D eigenvalue weighted by Crippen LogP contribution is -2.43. The minimum atomic E-state index is -3.89. The summed E-state index contributed by atoms with van der Waals surface area (Å²) in [6, 6.07) is 24.9. The summed E-state index contributed by atoms with van der Waals surface area (Å²) in [6.07, 6.45) is 0.385. The van der Waals surface area contributed by atoms with Gasteiger partial charge in [-0.05, 0) is 22.3 Å². The summed E-state index contributed by atoms with van der Waals surface area (Å²) in [5.74, 6) is -1.01. The van der Waals surface area contributed by atoms with Gasteiger partial charge in [0.25, 0.3) is 0 Å². The maximum atomic E-state index is 13.7. The van der Waals surface area contributed by atoms with Crippen LogP contribution in [0.5, 0.6) is 0 Å². The van der Waals surface area contributed by atoms with Gasteiger partial charge in [-0.3, -0.25) is 4.90 Å². The van der Waals surface area contributed by atoms with Gasteiger partial charge in [0.15, 0.2) is 9.84 Å². The number of sulfone groups is 1. The molecule has 1 saturated heterocycles. The number of carbonyl (C=O) groups excluding carboxylic acids is 2. The van der Waals surface area contributed by atoms with Gasteiger partial charge in [-0.25, -0.2) is 18.0 Å². The first-order valence-corrected chi connectivity index (χ1v) is 13.5. The third kappa shape index (κ3) is 5.29. The average Bonchev–Trinajstić information content (AvgIpc) is 3.35. The van der Waals surface area contributed by atoms with Crippen LogP contribution < -0.4 is 0 Å². The van der Waals surface area contributed by atoms with E-state index < -0.39 is 32.7 Å². The van der Waals surface area contributed by atoms with E-state index in [4.69, 9.17) is 9.47 Å². The predicted octanol–water partition coefficient (Wildman–Crippen LogP) is 4.73. The van der Waals surface area contributed by atoms with E-state index in [1.54, 1.807) is 12.1 Å². The molecule has 7 nitrogen and oxygen atoms in total. The van der Waals surface area contributed by atoms with Crippen molar-refractivity contribution < 1.29 is 27.5 Å². The molecule has 1 heterocycles. The number of ether oxygens (including phenoxy) is 2. The minimum absolute atomic E-state index is 0.0117. The topological polar surface area (TPSA) is 90.0 Å². The molecule has 1 amide bonds. The van der Waals surface area contributed by atoms with Crippen LogP contribution in [0.2, 0.25) is 0 Å². The van der Waals surface area contributed by atoms with Crippen LogP contribution in [0.3, 0.4) is 0 Å². The number of rotatable bonds is 8. The zero-order chi connectivity index (χ0) is 26.5. The van der Waals surface area contributed by atoms with Crippen LogP contribution in [0.25, 0.3) is 11.1 Å². The molecule has 3 aromatic carbocycles. The number of benzene rings is 3. The van der Waals surface area contributed by atoms with Gasteiger partial charge in [-0.2, -0.15) is 0 Å². The number of nitrogens with zero attached hydrogens (tertiary/aromatic N) is 1. The van der Waals surface area contributed by atoms with E-state index in [0.717, 1.165) is 16.7 Å². The number of methoxy groups -OCH3 is 1. The molecule has 3 aromatic rings. The molecule has 1 aliphatic rings. The van der Waals surface area contributed by atoms with Crippen LogP contribution >= 0.6 is 0 Å². The molecule has 2 atom stereocenters. The first-order chi connectivity index (χ1) is 17.8. The maximum absolute atomic E-state index is 13.7. The molecule has 1 fully saturated rings. The number of hydrogen-bond acceptors (Lipinski definition) is 6. The van der Waals surface area contributed by atoms with Crippen molar-refractivity contribution in [2.45, 2.75) is 23.8 Å². The highest BCUT2D eigenvalue weighted by atomic mass is 32.2. The van der Waals surface area contributed by atoms with Crippen molar-refractivity contribution in [3.8, 4) is 11.1 Å². The van der Waals surface area contributed by atoms with Gasteiger partial charge in [-0.1, -0.05) is 91.0 Å². The van der Waals surface area contributed by atoms with Crippen LogP contribution in [0.1, 0.15) is 17.5 Å². The molecule has 192 valence electrons. The van der Waals surface area contributed by atoms with Crippen molar-refractivity contribution >= 4 is 21.9 Å². The number of amides is 1. The molecule has 0 spiro atoms. The van der Waals surface area contributed by atoms with Gasteiger partial charge in [0.2, 0.25) is 0 Å². The van der Waals surface area contributed by atoms with Gasteiger partial charge in [0.1, 0.15) is 17.4 Å².